The molecule has 328 valence electrons. The highest BCUT2D eigenvalue weighted by atomic mass is 16.1. The number of carbonyl (C=O) groups is 1. The van der Waals surface area contributed by atoms with Crippen molar-refractivity contribution in [3.63, 3.8) is 0 Å². The van der Waals surface area contributed by atoms with Crippen LogP contribution in [0.5, 0.6) is 0 Å². The molecule has 0 aromatic rings. The van der Waals surface area contributed by atoms with E-state index in [1.807, 2.05) is 0 Å². The fourth-order valence-electron chi connectivity index (χ4n) is 19.5. The maximum Gasteiger partial charge on any atom is 0.212 e. The van der Waals surface area contributed by atoms with Crippen molar-refractivity contribution < 1.29 is 4.79 Å². The lowest BCUT2D eigenvalue weighted by atomic mass is 9.62. The SMILES string of the molecule is CN1C2NC3NC(NC4C5CC6CCCCC6CC5C(NC5NC(NC1C1CC6CCCCC6CC12)C1CC2CCCCC2CC51)N4C=O)C1CC2CCCCC2CC31. The van der Waals surface area contributed by atoms with E-state index >= 15 is 0 Å². The first kappa shape index (κ1) is 38.6. The molecule has 24 atom stereocenters. The molecule has 1 amide bonds. The monoisotopic (exact) mass is 811 g/mol. The van der Waals surface area contributed by atoms with E-state index in [0.717, 1.165) is 47.3 Å². The zero-order chi connectivity index (χ0) is 38.9. The van der Waals surface area contributed by atoms with Crippen LogP contribution in [0.2, 0.25) is 0 Å². The van der Waals surface area contributed by atoms with E-state index in [2.05, 4.69) is 48.7 Å². The standard InChI is InChI=1S/C50H82N8O/c1-57-47-39-22-31-14-6-7-15-32(31)23-40(39)48(57)54-44-36-19-28-11-3-5-13-30(28)21-38(36)46(52-44)56-50-42-25-34-17-9-8-16-33(34)24-41(42)49(58(50)26-59)55-45-37-20-29-12-4-2-10-27(29)18-35(37)43(51-45)53-47/h26-56H,2-25H2,1H3. The van der Waals surface area contributed by atoms with E-state index in [9.17, 15) is 4.79 Å². The molecular formula is C50H82N8O. The molecule has 8 bridgehead atoms. The Labute approximate surface area is 357 Å². The average Bonchev–Trinajstić information content (AvgIpc) is 3.95. The van der Waals surface area contributed by atoms with Crippen molar-refractivity contribution >= 4 is 6.41 Å². The number of hydrogen-bond acceptors (Lipinski definition) is 8. The van der Waals surface area contributed by atoms with Crippen LogP contribution in [0.4, 0.5) is 0 Å². The van der Waals surface area contributed by atoms with Gasteiger partial charge in [0.25, 0.3) is 0 Å². The van der Waals surface area contributed by atoms with Crippen molar-refractivity contribution in [2.75, 3.05) is 7.05 Å². The highest BCUT2D eigenvalue weighted by Gasteiger charge is 2.61. The topological polar surface area (TPSA) is 95.7 Å². The van der Waals surface area contributed by atoms with E-state index < -0.39 is 0 Å². The smallest absolute Gasteiger partial charge is 0.212 e. The van der Waals surface area contributed by atoms with E-state index in [-0.39, 0.29) is 24.7 Å². The fraction of sp³-hybridized carbons (Fsp3) is 0.980. The van der Waals surface area contributed by atoms with Gasteiger partial charge in [0, 0.05) is 0 Å². The number of fused-ring (bicyclic) bond motifs is 24. The Hall–Kier alpha value is -0.810. The van der Waals surface area contributed by atoms with Crippen LogP contribution in [0.1, 0.15) is 154 Å². The molecular weight excluding hydrogens is 729 g/mol. The Bertz CT molecular complexity index is 1440. The van der Waals surface area contributed by atoms with Gasteiger partial charge in [-0.3, -0.25) is 41.6 Å². The Morgan fingerprint density at radius 2 is 0.576 bits per heavy atom. The van der Waals surface area contributed by atoms with Crippen molar-refractivity contribution in [2.45, 2.75) is 203 Å². The number of nitrogens with zero attached hydrogens (tertiary/aromatic N) is 2. The van der Waals surface area contributed by atoms with Crippen molar-refractivity contribution in [1.29, 1.82) is 0 Å². The minimum atomic E-state index is 0.108. The number of carbonyl (C=O) groups excluding carboxylic acids is 1. The lowest BCUT2D eigenvalue weighted by molar-refractivity contribution is -0.123. The summed E-state index contributed by atoms with van der Waals surface area (Å²) in [4.78, 5) is 19.0. The summed E-state index contributed by atoms with van der Waals surface area (Å²) in [6, 6.07) is 0. The van der Waals surface area contributed by atoms with Crippen molar-refractivity contribution in [3.8, 4) is 0 Å². The third kappa shape index (κ3) is 6.38. The third-order valence-electron chi connectivity index (χ3n) is 22.2. The quantitative estimate of drug-likeness (QED) is 0.159. The number of nitrogens with one attached hydrogen (secondary N) is 6. The summed E-state index contributed by atoms with van der Waals surface area (Å²) >= 11 is 0. The Balaban J connectivity index is 0.893. The highest BCUT2D eigenvalue weighted by molar-refractivity contribution is 5.50. The molecule has 9 heteroatoms. The van der Waals surface area contributed by atoms with Gasteiger partial charge in [0.1, 0.15) is 0 Å². The van der Waals surface area contributed by atoms with Gasteiger partial charge >= 0.3 is 0 Å². The maximum absolute atomic E-state index is 13.8. The zero-order valence-corrected chi connectivity index (χ0v) is 36.7. The molecule has 0 spiro atoms. The van der Waals surface area contributed by atoms with Gasteiger partial charge in [0.05, 0.1) is 49.3 Å². The summed E-state index contributed by atoms with van der Waals surface area (Å²) in [5.74, 6) is 12.1. The van der Waals surface area contributed by atoms with Gasteiger partial charge in [-0.05, 0) is 153 Å². The first-order valence-electron chi connectivity index (χ1n) is 26.6. The van der Waals surface area contributed by atoms with Crippen LogP contribution in [0.25, 0.3) is 0 Å². The molecule has 24 unspecified atom stereocenters. The number of rotatable bonds is 1. The Morgan fingerprint density at radius 3 is 0.847 bits per heavy atom. The van der Waals surface area contributed by atoms with Crippen LogP contribution in [0.3, 0.4) is 0 Å². The Morgan fingerprint density at radius 1 is 0.339 bits per heavy atom. The summed E-state index contributed by atoms with van der Waals surface area (Å²) in [6.07, 6.45) is 37.4. The van der Waals surface area contributed by atoms with Crippen LogP contribution in [-0.4, -0.2) is 72.6 Å². The number of amides is 1. The predicted molar refractivity (Wildman–Crippen MR) is 231 cm³/mol. The molecule has 0 aromatic heterocycles. The van der Waals surface area contributed by atoms with Crippen molar-refractivity contribution in [3.05, 3.63) is 0 Å². The molecule has 13 fully saturated rings. The lowest BCUT2D eigenvalue weighted by Crippen LogP contribution is -2.62. The van der Waals surface area contributed by atoms with Gasteiger partial charge in [0.15, 0.2) is 0 Å². The molecule has 5 aliphatic heterocycles. The first-order chi connectivity index (χ1) is 29.1. The molecule has 5 heterocycles. The summed E-state index contributed by atoms with van der Waals surface area (Å²) < 4.78 is 0. The second-order valence-corrected chi connectivity index (χ2v) is 24.3. The van der Waals surface area contributed by atoms with E-state index in [0.29, 0.717) is 72.0 Å². The maximum atomic E-state index is 13.8. The lowest BCUT2D eigenvalue weighted by Gasteiger charge is -2.46. The summed E-state index contributed by atoms with van der Waals surface area (Å²) in [5, 5.41) is 26.9. The largest absolute Gasteiger partial charge is 0.314 e. The minimum Gasteiger partial charge on any atom is -0.314 e. The van der Waals surface area contributed by atoms with Crippen LogP contribution in [-0.2, 0) is 4.79 Å². The van der Waals surface area contributed by atoms with Gasteiger partial charge in [-0.15, -0.1) is 0 Å². The first-order valence-corrected chi connectivity index (χ1v) is 26.6. The molecule has 6 N–H and O–H groups in total. The van der Waals surface area contributed by atoms with Crippen molar-refractivity contribution in [2.24, 2.45) is 94.7 Å². The third-order valence-corrected chi connectivity index (χ3v) is 22.2. The van der Waals surface area contributed by atoms with E-state index in [1.165, 1.54) is 161 Å². The second kappa shape index (κ2) is 15.4. The highest BCUT2D eigenvalue weighted by Crippen LogP contribution is 2.57. The Kier molecular flexibility index (Phi) is 10.1. The molecule has 8 saturated carbocycles. The summed E-state index contributed by atoms with van der Waals surface area (Å²) in [5.41, 5.74) is 0. The normalized spacial score (nSPS) is 57.9. The molecule has 8 aliphatic carbocycles. The summed E-state index contributed by atoms with van der Waals surface area (Å²) in [7, 11) is 2.52. The van der Waals surface area contributed by atoms with E-state index in [1.54, 1.807) is 0 Å². The van der Waals surface area contributed by atoms with Crippen LogP contribution in [0, 0.1) is 94.7 Å². The van der Waals surface area contributed by atoms with Crippen LogP contribution < -0.4 is 31.9 Å². The van der Waals surface area contributed by atoms with Gasteiger partial charge in [0.2, 0.25) is 6.41 Å². The molecule has 0 radical (unpaired) electrons. The molecule has 13 aliphatic rings. The fourth-order valence-corrected chi connectivity index (χ4v) is 19.5. The van der Waals surface area contributed by atoms with Gasteiger partial charge in [-0.1, -0.05) is 103 Å². The van der Waals surface area contributed by atoms with Gasteiger partial charge in [-0.2, -0.15) is 0 Å². The van der Waals surface area contributed by atoms with Gasteiger partial charge < -0.3 is 4.90 Å². The number of hydrogen-bond donors (Lipinski definition) is 6. The van der Waals surface area contributed by atoms with E-state index in [4.69, 9.17) is 0 Å². The average molecular weight is 811 g/mol. The molecule has 0 aromatic carbocycles. The zero-order valence-electron chi connectivity index (χ0n) is 36.7. The van der Waals surface area contributed by atoms with Crippen LogP contribution in [0.15, 0.2) is 0 Å². The summed E-state index contributed by atoms with van der Waals surface area (Å²) in [6.45, 7) is 0. The predicted octanol–water partition coefficient (Wildman–Crippen LogP) is 6.92. The molecule has 13 rings (SSSR count). The van der Waals surface area contributed by atoms with Gasteiger partial charge in [-0.25, -0.2) is 0 Å². The molecule has 9 nitrogen and oxygen atoms in total. The van der Waals surface area contributed by atoms with Crippen LogP contribution >= 0.6 is 0 Å². The second-order valence-electron chi connectivity index (χ2n) is 24.3. The van der Waals surface area contributed by atoms with Crippen molar-refractivity contribution in [1.82, 2.24) is 41.7 Å². The molecule has 59 heavy (non-hydrogen) atoms. The molecule has 5 saturated heterocycles. The minimum absolute atomic E-state index is 0.108.